The molecule has 0 aliphatic carbocycles. The van der Waals surface area contributed by atoms with Crippen molar-refractivity contribution in [2.75, 3.05) is 26.2 Å². The third kappa shape index (κ3) is 4.52. The summed E-state index contributed by atoms with van der Waals surface area (Å²) in [6.07, 6.45) is -7.98. The standard InChI is InChI=1S/C17H16F6N4O2/c18-11-3-1-2-10(6-11)14-25-15(29-26-14)16(17(21,22)23)4-5-27(9-16)8-13(28)24-7-12(19)20/h1-3,6,12H,4-5,7-9H2,(H,24,28). The van der Waals surface area contributed by atoms with E-state index in [1.165, 1.54) is 17.0 Å². The van der Waals surface area contributed by atoms with E-state index in [2.05, 4.69) is 10.1 Å². The first kappa shape index (κ1) is 21.1. The van der Waals surface area contributed by atoms with Gasteiger partial charge in [0.15, 0.2) is 5.41 Å². The fourth-order valence-electron chi connectivity index (χ4n) is 3.16. The van der Waals surface area contributed by atoms with Gasteiger partial charge in [-0.05, 0) is 18.6 Å². The second kappa shape index (κ2) is 8.01. The summed E-state index contributed by atoms with van der Waals surface area (Å²) in [5.41, 5.74) is -2.37. The first-order chi connectivity index (χ1) is 13.6. The first-order valence-corrected chi connectivity index (χ1v) is 8.55. The van der Waals surface area contributed by atoms with Crippen molar-refractivity contribution >= 4 is 5.91 Å². The van der Waals surface area contributed by atoms with Crippen LogP contribution < -0.4 is 5.32 Å². The number of nitrogens with one attached hydrogen (secondary N) is 1. The lowest BCUT2D eigenvalue weighted by atomic mass is 9.86. The number of rotatable bonds is 6. The molecule has 1 unspecified atom stereocenters. The number of carbonyl (C=O) groups excluding carboxylic acids is 1. The van der Waals surface area contributed by atoms with E-state index in [1.807, 2.05) is 5.32 Å². The van der Waals surface area contributed by atoms with E-state index in [9.17, 15) is 31.1 Å². The fraction of sp³-hybridized carbons (Fsp3) is 0.471. The van der Waals surface area contributed by atoms with Crippen molar-refractivity contribution in [3.8, 4) is 11.4 Å². The Hall–Kier alpha value is -2.63. The van der Waals surface area contributed by atoms with Gasteiger partial charge in [0.05, 0.1) is 13.1 Å². The van der Waals surface area contributed by atoms with Crippen LogP contribution in [0.5, 0.6) is 0 Å². The van der Waals surface area contributed by atoms with Gasteiger partial charge in [0.25, 0.3) is 6.43 Å². The maximum atomic E-state index is 13.9. The molecule has 1 aromatic heterocycles. The van der Waals surface area contributed by atoms with E-state index in [1.54, 1.807) is 0 Å². The van der Waals surface area contributed by atoms with Crippen LogP contribution >= 0.6 is 0 Å². The van der Waals surface area contributed by atoms with E-state index in [0.717, 1.165) is 12.1 Å². The molecule has 1 aliphatic heterocycles. The van der Waals surface area contributed by atoms with Crippen molar-refractivity contribution in [3.63, 3.8) is 0 Å². The molecule has 12 heteroatoms. The SMILES string of the molecule is O=C(CN1CCC(c2nc(-c3cccc(F)c3)no2)(C(F)(F)F)C1)NCC(F)F. The van der Waals surface area contributed by atoms with Crippen molar-refractivity contribution in [1.82, 2.24) is 20.4 Å². The average molecular weight is 422 g/mol. The lowest BCUT2D eigenvalue weighted by Gasteiger charge is -2.28. The van der Waals surface area contributed by atoms with Crippen LogP contribution in [0.15, 0.2) is 28.8 Å². The maximum absolute atomic E-state index is 13.9. The molecule has 2 heterocycles. The molecule has 1 amide bonds. The lowest BCUT2D eigenvalue weighted by Crippen LogP contribution is -2.46. The Morgan fingerprint density at radius 3 is 2.76 bits per heavy atom. The monoisotopic (exact) mass is 422 g/mol. The van der Waals surface area contributed by atoms with Gasteiger partial charge < -0.3 is 9.84 Å². The van der Waals surface area contributed by atoms with Crippen LogP contribution in [0, 0.1) is 5.82 Å². The Morgan fingerprint density at radius 2 is 2.10 bits per heavy atom. The second-order valence-corrected chi connectivity index (χ2v) is 6.67. The Morgan fingerprint density at radius 1 is 1.34 bits per heavy atom. The van der Waals surface area contributed by atoms with Gasteiger partial charge in [-0.15, -0.1) is 0 Å². The predicted octanol–water partition coefficient (Wildman–Crippen LogP) is 2.76. The Balaban J connectivity index is 1.80. The zero-order chi connectivity index (χ0) is 21.2. The fourth-order valence-corrected chi connectivity index (χ4v) is 3.16. The molecule has 158 valence electrons. The third-order valence-corrected chi connectivity index (χ3v) is 4.63. The van der Waals surface area contributed by atoms with E-state index in [-0.39, 0.29) is 17.9 Å². The number of hydrogen-bond donors (Lipinski definition) is 1. The molecule has 0 radical (unpaired) electrons. The summed E-state index contributed by atoms with van der Waals surface area (Å²) >= 11 is 0. The molecule has 0 saturated carbocycles. The van der Waals surface area contributed by atoms with Gasteiger partial charge in [-0.1, -0.05) is 17.3 Å². The number of likely N-dealkylation sites (tertiary alicyclic amines) is 1. The summed E-state index contributed by atoms with van der Waals surface area (Å²) in [7, 11) is 0. The highest BCUT2D eigenvalue weighted by molar-refractivity contribution is 5.78. The Kier molecular flexibility index (Phi) is 5.82. The summed E-state index contributed by atoms with van der Waals surface area (Å²) < 4.78 is 84.3. The van der Waals surface area contributed by atoms with E-state index in [4.69, 9.17) is 4.52 Å². The summed E-state index contributed by atoms with van der Waals surface area (Å²) in [4.78, 5) is 16.7. The number of carbonyl (C=O) groups is 1. The van der Waals surface area contributed by atoms with Gasteiger partial charge in [-0.25, -0.2) is 13.2 Å². The highest BCUT2D eigenvalue weighted by atomic mass is 19.4. The van der Waals surface area contributed by atoms with Crippen molar-refractivity contribution in [2.45, 2.75) is 24.4 Å². The highest BCUT2D eigenvalue weighted by Gasteiger charge is 2.62. The molecule has 1 saturated heterocycles. The van der Waals surface area contributed by atoms with Crippen molar-refractivity contribution < 1.29 is 35.7 Å². The summed E-state index contributed by atoms with van der Waals surface area (Å²) in [6, 6.07) is 5.00. The van der Waals surface area contributed by atoms with Crippen LogP contribution in [0.2, 0.25) is 0 Å². The van der Waals surface area contributed by atoms with Crippen molar-refractivity contribution in [3.05, 3.63) is 36.0 Å². The van der Waals surface area contributed by atoms with Crippen molar-refractivity contribution in [1.29, 1.82) is 0 Å². The number of halogens is 6. The summed E-state index contributed by atoms with van der Waals surface area (Å²) in [6.45, 7) is -2.13. The minimum absolute atomic E-state index is 0.126. The first-order valence-electron chi connectivity index (χ1n) is 8.55. The third-order valence-electron chi connectivity index (χ3n) is 4.63. The van der Waals surface area contributed by atoms with E-state index in [0.29, 0.717) is 0 Å². The van der Waals surface area contributed by atoms with Crippen LogP contribution in [0.3, 0.4) is 0 Å². The van der Waals surface area contributed by atoms with Crippen LogP contribution in [0.1, 0.15) is 12.3 Å². The molecule has 0 bridgehead atoms. The quantitative estimate of drug-likeness (QED) is 0.725. The molecular formula is C17H16F6N4O2. The van der Waals surface area contributed by atoms with E-state index >= 15 is 0 Å². The smallest absolute Gasteiger partial charge is 0.349 e. The van der Waals surface area contributed by atoms with Gasteiger partial charge in [-0.2, -0.15) is 18.2 Å². The van der Waals surface area contributed by atoms with Crippen LogP contribution in [0.25, 0.3) is 11.4 Å². The zero-order valence-corrected chi connectivity index (χ0v) is 14.8. The molecule has 1 N–H and O–H groups in total. The topological polar surface area (TPSA) is 71.3 Å². The predicted molar refractivity (Wildman–Crippen MR) is 87.5 cm³/mol. The minimum atomic E-state index is -4.77. The maximum Gasteiger partial charge on any atom is 0.404 e. The number of aromatic nitrogens is 2. The van der Waals surface area contributed by atoms with Crippen LogP contribution in [-0.4, -0.2) is 59.7 Å². The lowest BCUT2D eigenvalue weighted by molar-refractivity contribution is -0.193. The number of alkyl halides is 5. The molecule has 3 rings (SSSR count). The largest absolute Gasteiger partial charge is 0.404 e. The number of amides is 1. The molecule has 29 heavy (non-hydrogen) atoms. The molecule has 6 nitrogen and oxygen atoms in total. The molecular weight excluding hydrogens is 406 g/mol. The molecule has 1 fully saturated rings. The number of nitrogens with zero attached hydrogens (tertiary/aromatic N) is 3. The molecule has 2 aromatic rings. The van der Waals surface area contributed by atoms with Crippen LogP contribution in [0.4, 0.5) is 26.3 Å². The minimum Gasteiger partial charge on any atom is -0.349 e. The van der Waals surface area contributed by atoms with Gasteiger partial charge in [0.2, 0.25) is 17.6 Å². The van der Waals surface area contributed by atoms with Gasteiger partial charge >= 0.3 is 6.18 Å². The average Bonchev–Trinajstić information content (AvgIpc) is 3.27. The Bertz CT molecular complexity index is 872. The van der Waals surface area contributed by atoms with Gasteiger partial charge in [0, 0.05) is 18.7 Å². The number of benzene rings is 1. The van der Waals surface area contributed by atoms with Crippen molar-refractivity contribution in [2.24, 2.45) is 0 Å². The normalized spacial score (nSPS) is 20.4. The zero-order valence-electron chi connectivity index (χ0n) is 14.8. The summed E-state index contributed by atoms with van der Waals surface area (Å²) in [5, 5.41) is 5.48. The highest BCUT2D eigenvalue weighted by Crippen LogP contribution is 2.47. The second-order valence-electron chi connectivity index (χ2n) is 6.67. The Labute approximate surface area is 160 Å². The van der Waals surface area contributed by atoms with E-state index < -0.39 is 61.7 Å². The van der Waals surface area contributed by atoms with Gasteiger partial charge in [-0.3, -0.25) is 9.69 Å². The number of hydrogen-bond acceptors (Lipinski definition) is 5. The molecule has 1 aromatic carbocycles. The van der Waals surface area contributed by atoms with Crippen LogP contribution in [-0.2, 0) is 10.2 Å². The molecule has 0 spiro atoms. The van der Waals surface area contributed by atoms with Gasteiger partial charge in [0.1, 0.15) is 5.82 Å². The molecule has 1 atom stereocenters. The molecule has 1 aliphatic rings. The summed E-state index contributed by atoms with van der Waals surface area (Å²) in [5.74, 6) is -2.31.